The van der Waals surface area contributed by atoms with E-state index in [1.165, 1.54) is 16.7 Å². The van der Waals surface area contributed by atoms with E-state index >= 15 is 0 Å². The first-order chi connectivity index (χ1) is 12.4. The van der Waals surface area contributed by atoms with Gasteiger partial charge in [-0.3, -0.25) is 14.4 Å². The van der Waals surface area contributed by atoms with Crippen LogP contribution in [0, 0.1) is 6.92 Å². The smallest absolute Gasteiger partial charge is 0.255 e. The van der Waals surface area contributed by atoms with E-state index in [-0.39, 0.29) is 11.8 Å². The molecule has 26 heavy (non-hydrogen) atoms. The van der Waals surface area contributed by atoms with Crippen molar-refractivity contribution < 1.29 is 14.4 Å². The van der Waals surface area contributed by atoms with Crippen LogP contribution < -0.4 is 11.1 Å². The number of thioether (sulfide) groups is 1. The molecule has 1 aliphatic rings. The van der Waals surface area contributed by atoms with Crippen molar-refractivity contribution in [3.63, 3.8) is 0 Å². The normalized spacial score (nSPS) is 16.6. The Morgan fingerprint density at radius 2 is 1.88 bits per heavy atom. The second-order valence-corrected chi connectivity index (χ2v) is 7.24. The van der Waals surface area contributed by atoms with Crippen LogP contribution in [0.4, 0.5) is 5.69 Å². The summed E-state index contributed by atoms with van der Waals surface area (Å²) in [5.74, 6) is -0.670. The van der Waals surface area contributed by atoms with Gasteiger partial charge >= 0.3 is 0 Å². The summed E-state index contributed by atoms with van der Waals surface area (Å²) in [6, 6.07) is 11.7. The van der Waals surface area contributed by atoms with Gasteiger partial charge in [0.25, 0.3) is 11.8 Å². The Kier molecular flexibility index (Phi) is 4.99. The van der Waals surface area contributed by atoms with Crippen molar-refractivity contribution in [2.75, 3.05) is 18.1 Å². The maximum atomic E-state index is 12.7. The van der Waals surface area contributed by atoms with Crippen LogP contribution in [-0.4, -0.2) is 41.5 Å². The first-order valence-electron chi connectivity index (χ1n) is 8.08. The fourth-order valence-electron chi connectivity index (χ4n) is 2.69. The van der Waals surface area contributed by atoms with Gasteiger partial charge in [0.15, 0.2) is 0 Å². The van der Waals surface area contributed by atoms with Crippen LogP contribution in [-0.2, 0) is 4.79 Å². The molecule has 7 heteroatoms. The summed E-state index contributed by atoms with van der Waals surface area (Å²) < 4.78 is 0. The molecule has 0 spiro atoms. The molecule has 1 unspecified atom stereocenters. The first-order valence-corrected chi connectivity index (χ1v) is 9.06. The molecule has 0 saturated carbocycles. The van der Waals surface area contributed by atoms with E-state index in [0.29, 0.717) is 22.6 Å². The summed E-state index contributed by atoms with van der Waals surface area (Å²) in [5, 5.41) is 2.81. The van der Waals surface area contributed by atoms with Crippen molar-refractivity contribution in [3.05, 3.63) is 59.2 Å². The average Bonchev–Trinajstić information content (AvgIpc) is 2.73. The van der Waals surface area contributed by atoms with Gasteiger partial charge in [-0.2, -0.15) is 0 Å². The Morgan fingerprint density at radius 3 is 2.54 bits per heavy atom. The van der Waals surface area contributed by atoms with Crippen LogP contribution in [0.1, 0.15) is 26.3 Å². The summed E-state index contributed by atoms with van der Waals surface area (Å²) >= 11 is 1.40. The molecule has 2 aromatic carbocycles. The molecule has 3 N–H and O–H groups in total. The van der Waals surface area contributed by atoms with Crippen LogP contribution in [0.2, 0.25) is 0 Å². The molecular formula is C19H19N3O3S. The molecule has 6 nitrogen and oxygen atoms in total. The molecule has 0 bridgehead atoms. The summed E-state index contributed by atoms with van der Waals surface area (Å²) in [6.45, 7) is 1.95. The number of anilines is 1. The molecule has 1 atom stereocenters. The summed E-state index contributed by atoms with van der Waals surface area (Å²) in [5.41, 5.74) is 7.97. The molecule has 1 heterocycles. The van der Waals surface area contributed by atoms with Gasteiger partial charge in [-0.15, -0.1) is 11.8 Å². The van der Waals surface area contributed by atoms with Gasteiger partial charge in [0.05, 0.1) is 5.56 Å². The van der Waals surface area contributed by atoms with E-state index in [4.69, 9.17) is 5.73 Å². The van der Waals surface area contributed by atoms with Gasteiger partial charge in [-0.05, 0) is 37.3 Å². The summed E-state index contributed by atoms with van der Waals surface area (Å²) in [7, 11) is 1.56. The van der Waals surface area contributed by atoms with Crippen molar-refractivity contribution in [3.8, 4) is 0 Å². The molecule has 0 radical (unpaired) electrons. The Bertz CT molecular complexity index is 880. The molecule has 3 amide bonds. The maximum absolute atomic E-state index is 12.7. The Morgan fingerprint density at radius 1 is 1.19 bits per heavy atom. The number of rotatable bonds is 3. The van der Waals surface area contributed by atoms with Crippen LogP contribution in [0.5, 0.6) is 0 Å². The van der Waals surface area contributed by atoms with Gasteiger partial charge in [-0.1, -0.05) is 17.7 Å². The highest BCUT2D eigenvalue weighted by Crippen LogP contribution is 2.31. The molecule has 0 aliphatic carbocycles. The second-order valence-electron chi connectivity index (χ2n) is 6.18. The average molecular weight is 369 g/mol. The third kappa shape index (κ3) is 3.57. The number of carbonyl (C=O) groups excluding carboxylic acids is 3. The van der Waals surface area contributed by atoms with E-state index in [1.54, 1.807) is 37.4 Å². The number of likely N-dealkylation sites (N-methyl/N-ethyl adjacent to an activating group) is 1. The van der Waals surface area contributed by atoms with Crippen LogP contribution in [0.25, 0.3) is 0 Å². The van der Waals surface area contributed by atoms with E-state index in [0.717, 1.165) is 10.5 Å². The Balaban J connectivity index is 1.85. The molecule has 0 saturated heterocycles. The fourth-order valence-corrected chi connectivity index (χ4v) is 3.89. The number of aryl methyl sites for hydroxylation is 1. The van der Waals surface area contributed by atoms with Gasteiger partial charge in [-0.25, -0.2) is 0 Å². The van der Waals surface area contributed by atoms with Crippen molar-refractivity contribution in [2.45, 2.75) is 17.9 Å². The molecule has 0 fully saturated rings. The van der Waals surface area contributed by atoms with Gasteiger partial charge in [0.1, 0.15) is 6.04 Å². The number of hydrogen-bond acceptors (Lipinski definition) is 4. The minimum atomic E-state index is -0.662. The lowest BCUT2D eigenvalue weighted by atomic mass is 10.1. The maximum Gasteiger partial charge on any atom is 0.255 e. The topological polar surface area (TPSA) is 92.5 Å². The zero-order valence-corrected chi connectivity index (χ0v) is 15.3. The third-order valence-corrected chi connectivity index (χ3v) is 5.44. The zero-order chi connectivity index (χ0) is 18.8. The number of benzene rings is 2. The first kappa shape index (κ1) is 18.0. The van der Waals surface area contributed by atoms with E-state index in [9.17, 15) is 14.4 Å². The summed E-state index contributed by atoms with van der Waals surface area (Å²) in [6.07, 6.45) is 0. The number of primary amides is 1. The minimum absolute atomic E-state index is 0.248. The predicted octanol–water partition coefficient (Wildman–Crippen LogP) is 2.28. The van der Waals surface area contributed by atoms with Gasteiger partial charge in [0.2, 0.25) is 5.91 Å². The van der Waals surface area contributed by atoms with E-state index in [1.807, 2.05) is 19.1 Å². The number of amides is 3. The number of hydrogen-bond donors (Lipinski definition) is 2. The quantitative estimate of drug-likeness (QED) is 0.868. The molecule has 0 aromatic heterocycles. The van der Waals surface area contributed by atoms with Crippen molar-refractivity contribution in [2.24, 2.45) is 5.73 Å². The number of nitrogens with two attached hydrogens (primary N) is 1. The number of nitrogens with zero attached hydrogens (tertiary/aromatic N) is 1. The van der Waals surface area contributed by atoms with Crippen LogP contribution in [0.3, 0.4) is 0 Å². The van der Waals surface area contributed by atoms with E-state index < -0.39 is 11.9 Å². The largest absolute Gasteiger partial charge is 0.368 e. The van der Waals surface area contributed by atoms with E-state index in [2.05, 4.69) is 5.32 Å². The fraction of sp³-hybridized carbons (Fsp3) is 0.211. The van der Waals surface area contributed by atoms with Crippen LogP contribution in [0.15, 0.2) is 47.4 Å². The monoisotopic (exact) mass is 369 g/mol. The SMILES string of the molecule is Cc1ccc(C(=O)Nc2ccc3c(c2)C(=O)N(C)C(C(N)=O)CS3)cc1. The van der Waals surface area contributed by atoms with Crippen molar-refractivity contribution >= 4 is 35.2 Å². The number of nitrogens with one attached hydrogen (secondary N) is 1. The van der Waals surface area contributed by atoms with Gasteiger partial charge < -0.3 is 16.0 Å². The Labute approximate surface area is 155 Å². The Hall–Kier alpha value is -2.80. The molecule has 2 aromatic rings. The lowest BCUT2D eigenvalue weighted by Gasteiger charge is -2.22. The summed E-state index contributed by atoms with van der Waals surface area (Å²) in [4.78, 5) is 38.7. The predicted molar refractivity (Wildman–Crippen MR) is 101 cm³/mol. The third-order valence-electron chi connectivity index (χ3n) is 4.29. The van der Waals surface area contributed by atoms with Crippen LogP contribution >= 0.6 is 11.8 Å². The van der Waals surface area contributed by atoms with Crippen molar-refractivity contribution in [1.82, 2.24) is 4.90 Å². The highest BCUT2D eigenvalue weighted by molar-refractivity contribution is 7.99. The minimum Gasteiger partial charge on any atom is -0.368 e. The molecular weight excluding hydrogens is 350 g/mol. The molecule has 134 valence electrons. The molecule has 1 aliphatic heterocycles. The highest BCUT2D eigenvalue weighted by atomic mass is 32.2. The molecule has 3 rings (SSSR count). The number of fused-ring (bicyclic) bond motifs is 1. The highest BCUT2D eigenvalue weighted by Gasteiger charge is 2.31. The lowest BCUT2D eigenvalue weighted by Crippen LogP contribution is -2.46. The van der Waals surface area contributed by atoms with Gasteiger partial charge in [0, 0.05) is 28.9 Å². The standard InChI is InChI=1S/C19H19N3O3S/c1-11-3-5-12(6-4-11)18(24)21-13-7-8-16-14(9-13)19(25)22(2)15(10-26-16)17(20)23/h3-9,15H,10H2,1-2H3,(H2,20,23)(H,21,24). The number of carbonyl (C=O) groups is 3. The zero-order valence-electron chi connectivity index (χ0n) is 14.5. The lowest BCUT2D eigenvalue weighted by molar-refractivity contribution is -0.121. The second kappa shape index (κ2) is 7.21. The van der Waals surface area contributed by atoms with Crippen molar-refractivity contribution in [1.29, 1.82) is 0 Å².